The lowest BCUT2D eigenvalue weighted by Crippen LogP contribution is -2.49. The molecule has 0 saturated carbocycles. The van der Waals surface area contributed by atoms with Crippen molar-refractivity contribution in [3.8, 4) is 0 Å². The maximum Gasteiger partial charge on any atom is 0.337 e. The zero-order chi connectivity index (χ0) is 24.9. The fourth-order valence-corrected chi connectivity index (χ4v) is 4.53. The van der Waals surface area contributed by atoms with Crippen LogP contribution in [0.2, 0.25) is 0 Å². The molecule has 1 saturated heterocycles. The Bertz CT molecular complexity index is 1150. The smallest absolute Gasteiger partial charge is 0.337 e. The third-order valence-corrected chi connectivity index (χ3v) is 6.29. The van der Waals surface area contributed by atoms with Gasteiger partial charge in [0.05, 0.1) is 42.7 Å². The number of carbonyl (C=O) groups is 4. The van der Waals surface area contributed by atoms with Crippen molar-refractivity contribution in [1.82, 2.24) is 10.9 Å². The van der Waals surface area contributed by atoms with Crippen molar-refractivity contribution in [1.29, 1.82) is 0 Å². The van der Waals surface area contributed by atoms with Gasteiger partial charge in [-0.3, -0.25) is 19.9 Å². The summed E-state index contributed by atoms with van der Waals surface area (Å²) < 4.78 is 9.44. The molecule has 12 heteroatoms. The Morgan fingerprint density at radius 3 is 2.37 bits per heavy atom. The van der Waals surface area contributed by atoms with Crippen LogP contribution in [0.1, 0.15) is 20.7 Å². The van der Waals surface area contributed by atoms with Gasteiger partial charge in [-0.05, 0) is 30.3 Å². The number of carbonyl (C=O) groups excluding carboxylic acids is 4. The minimum absolute atomic E-state index is 0.0731. The van der Waals surface area contributed by atoms with Crippen LogP contribution >= 0.6 is 11.8 Å². The second kappa shape index (κ2) is 10.7. The van der Waals surface area contributed by atoms with Crippen molar-refractivity contribution in [2.75, 3.05) is 36.7 Å². The molecule has 2 aliphatic rings. The van der Waals surface area contributed by atoms with Gasteiger partial charge in [0, 0.05) is 12.2 Å². The molecule has 35 heavy (non-hydrogen) atoms. The number of nitrogens with one attached hydrogen (secondary N) is 3. The van der Waals surface area contributed by atoms with Crippen LogP contribution in [-0.4, -0.2) is 61.6 Å². The van der Waals surface area contributed by atoms with Gasteiger partial charge in [0.1, 0.15) is 6.17 Å². The number of rotatable bonds is 6. The maximum atomic E-state index is 13.2. The Morgan fingerprint density at radius 1 is 1.09 bits per heavy atom. The van der Waals surface area contributed by atoms with Gasteiger partial charge >= 0.3 is 11.9 Å². The molecular formula is C23H23N5O6S. The second-order valence-corrected chi connectivity index (χ2v) is 8.56. The van der Waals surface area contributed by atoms with E-state index in [0.29, 0.717) is 17.4 Å². The molecule has 2 aromatic rings. The minimum atomic E-state index is -0.665. The van der Waals surface area contributed by atoms with E-state index in [-0.39, 0.29) is 34.4 Å². The van der Waals surface area contributed by atoms with Gasteiger partial charge in [-0.1, -0.05) is 30.0 Å². The van der Waals surface area contributed by atoms with E-state index in [9.17, 15) is 19.2 Å². The molecule has 0 bridgehead atoms. The standard InChI is InChI=1S/C23H23N5O6S/c1-33-21(31)13-8-14(22(32)34-2)10-15(9-13)25-18(29)12-35-23-26-19-17(11-24-27-19)20(30)28(23)16-6-4-3-5-7-16/h3-10,17,19,24,27H,11-12H2,1-2H3,(H,25,29). The summed E-state index contributed by atoms with van der Waals surface area (Å²) in [5.41, 5.74) is 6.98. The van der Waals surface area contributed by atoms with E-state index in [4.69, 9.17) is 9.47 Å². The molecule has 2 unspecified atom stereocenters. The second-order valence-electron chi connectivity index (χ2n) is 7.62. The number of esters is 2. The molecule has 0 aromatic heterocycles. The first-order chi connectivity index (χ1) is 16.9. The van der Waals surface area contributed by atoms with Crippen LogP contribution in [0.15, 0.2) is 53.5 Å². The van der Waals surface area contributed by atoms with Crippen molar-refractivity contribution < 1.29 is 28.7 Å². The Morgan fingerprint density at radius 2 is 1.74 bits per heavy atom. The first-order valence-electron chi connectivity index (χ1n) is 10.6. The van der Waals surface area contributed by atoms with E-state index < -0.39 is 24.0 Å². The lowest BCUT2D eigenvalue weighted by Gasteiger charge is -2.32. The predicted molar refractivity (Wildman–Crippen MR) is 130 cm³/mol. The van der Waals surface area contributed by atoms with E-state index in [1.807, 2.05) is 18.2 Å². The average molecular weight is 498 g/mol. The summed E-state index contributed by atoms with van der Waals surface area (Å²) in [4.78, 5) is 56.1. The van der Waals surface area contributed by atoms with Gasteiger partial charge in [-0.15, -0.1) is 0 Å². The summed E-state index contributed by atoms with van der Waals surface area (Å²) in [6, 6.07) is 13.2. The largest absolute Gasteiger partial charge is 0.465 e. The van der Waals surface area contributed by atoms with E-state index in [1.165, 1.54) is 37.3 Å². The van der Waals surface area contributed by atoms with Gasteiger partial charge in [-0.2, -0.15) is 0 Å². The highest BCUT2D eigenvalue weighted by molar-refractivity contribution is 8.14. The molecule has 2 heterocycles. The van der Waals surface area contributed by atoms with Crippen LogP contribution in [0.25, 0.3) is 0 Å². The van der Waals surface area contributed by atoms with Crippen LogP contribution in [0.5, 0.6) is 0 Å². The number of ether oxygens (including phenoxy) is 2. The third kappa shape index (κ3) is 5.34. The van der Waals surface area contributed by atoms with Crippen molar-refractivity contribution in [3.05, 3.63) is 59.7 Å². The van der Waals surface area contributed by atoms with E-state index in [2.05, 4.69) is 21.2 Å². The number of hydrogen-bond acceptors (Lipinski definition) is 10. The number of aliphatic imine (C=N–C) groups is 1. The van der Waals surface area contributed by atoms with Gasteiger partial charge in [0.2, 0.25) is 11.8 Å². The number of para-hydroxylation sites is 1. The van der Waals surface area contributed by atoms with E-state index >= 15 is 0 Å². The van der Waals surface area contributed by atoms with Crippen molar-refractivity contribution >= 4 is 52.1 Å². The number of hydrazine groups is 1. The van der Waals surface area contributed by atoms with Crippen LogP contribution < -0.4 is 21.1 Å². The van der Waals surface area contributed by atoms with Gasteiger partial charge < -0.3 is 14.8 Å². The Labute approximate surface area is 205 Å². The number of amides is 2. The lowest BCUT2D eigenvalue weighted by atomic mass is 10.1. The highest BCUT2D eigenvalue weighted by atomic mass is 32.2. The molecule has 3 N–H and O–H groups in total. The lowest BCUT2D eigenvalue weighted by molar-refractivity contribution is -0.121. The third-order valence-electron chi connectivity index (χ3n) is 5.34. The predicted octanol–water partition coefficient (Wildman–Crippen LogP) is 1.38. The number of methoxy groups -OCH3 is 2. The van der Waals surface area contributed by atoms with Crippen LogP contribution in [0.4, 0.5) is 11.4 Å². The fourth-order valence-electron chi connectivity index (χ4n) is 3.68. The Kier molecular flexibility index (Phi) is 7.44. The van der Waals surface area contributed by atoms with E-state index in [0.717, 1.165) is 11.8 Å². The molecule has 4 rings (SSSR count). The molecule has 2 aromatic carbocycles. The van der Waals surface area contributed by atoms with Crippen LogP contribution in [0, 0.1) is 5.92 Å². The summed E-state index contributed by atoms with van der Waals surface area (Å²) in [6.45, 7) is 0.452. The summed E-state index contributed by atoms with van der Waals surface area (Å²) in [5, 5.41) is 3.05. The summed E-state index contributed by atoms with van der Waals surface area (Å²) >= 11 is 1.10. The van der Waals surface area contributed by atoms with Crippen molar-refractivity contribution in [2.24, 2.45) is 10.9 Å². The number of hydrogen-bond donors (Lipinski definition) is 3. The topological polar surface area (TPSA) is 138 Å². The molecule has 2 aliphatic heterocycles. The molecular weight excluding hydrogens is 474 g/mol. The van der Waals surface area contributed by atoms with Crippen molar-refractivity contribution in [2.45, 2.75) is 6.17 Å². The number of fused-ring (bicyclic) bond motifs is 1. The first kappa shape index (κ1) is 24.4. The quantitative estimate of drug-likeness (QED) is 0.505. The number of anilines is 2. The molecule has 2 atom stereocenters. The molecule has 0 aliphatic carbocycles. The molecule has 2 amide bonds. The SMILES string of the molecule is COC(=O)c1cc(NC(=O)CSC2=NC3NNCC3C(=O)N2c2ccccc2)cc(C(=O)OC)c1. The number of nitrogens with zero attached hydrogens (tertiary/aromatic N) is 2. The maximum absolute atomic E-state index is 13.2. The fraction of sp³-hybridized carbons (Fsp3) is 0.261. The highest BCUT2D eigenvalue weighted by Gasteiger charge is 2.42. The van der Waals surface area contributed by atoms with Gasteiger partial charge in [0.15, 0.2) is 5.17 Å². The van der Waals surface area contributed by atoms with Gasteiger partial charge in [-0.25, -0.2) is 20.0 Å². The molecule has 1 fully saturated rings. The molecule has 0 spiro atoms. The first-order valence-corrected chi connectivity index (χ1v) is 11.6. The van der Waals surface area contributed by atoms with Crippen molar-refractivity contribution in [3.63, 3.8) is 0 Å². The highest BCUT2D eigenvalue weighted by Crippen LogP contribution is 2.29. The summed E-state index contributed by atoms with van der Waals surface area (Å²) in [7, 11) is 2.43. The van der Waals surface area contributed by atoms with Gasteiger partial charge in [0.25, 0.3) is 0 Å². The molecule has 11 nitrogen and oxygen atoms in total. The molecule has 0 radical (unpaired) electrons. The zero-order valence-electron chi connectivity index (χ0n) is 18.9. The zero-order valence-corrected chi connectivity index (χ0v) is 19.8. The number of amidine groups is 1. The van der Waals surface area contributed by atoms with E-state index in [1.54, 1.807) is 12.1 Å². The van der Waals surface area contributed by atoms with Crippen LogP contribution in [0.3, 0.4) is 0 Å². The normalized spacial score (nSPS) is 19.0. The Hall–Kier alpha value is -3.74. The average Bonchev–Trinajstić information content (AvgIpc) is 3.36. The Balaban J connectivity index is 1.52. The number of benzene rings is 2. The molecule has 182 valence electrons. The minimum Gasteiger partial charge on any atom is -0.465 e. The summed E-state index contributed by atoms with van der Waals surface area (Å²) in [6.07, 6.45) is -0.424. The number of thioether (sulfide) groups is 1. The monoisotopic (exact) mass is 497 g/mol. The van der Waals surface area contributed by atoms with Crippen LogP contribution in [-0.2, 0) is 19.1 Å². The summed E-state index contributed by atoms with van der Waals surface area (Å²) in [5.74, 6) is -2.30.